The van der Waals surface area contributed by atoms with Crippen LogP contribution in [0.25, 0.3) is 0 Å². The second-order valence-electron chi connectivity index (χ2n) is 4.44. The Balaban J connectivity index is 2.17. The van der Waals surface area contributed by atoms with Gasteiger partial charge in [-0.3, -0.25) is 0 Å². The molecule has 3 nitrogen and oxygen atoms in total. The predicted molar refractivity (Wildman–Crippen MR) is 57.3 cm³/mol. The summed E-state index contributed by atoms with van der Waals surface area (Å²) in [6.45, 7) is 4.25. The van der Waals surface area contributed by atoms with E-state index in [-0.39, 0.29) is 11.6 Å². The molecular formula is C10H16N2OS. The summed E-state index contributed by atoms with van der Waals surface area (Å²) in [5.41, 5.74) is 5.84. The quantitative estimate of drug-likeness (QED) is 0.782. The molecule has 0 saturated heterocycles. The van der Waals surface area contributed by atoms with Gasteiger partial charge in [0.1, 0.15) is 0 Å². The van der Waals surface area contributed by atoms with E-state index < -0.39 is 0 Å². The number of nitrogens with zero attached hydrogens (tertiary/aromatic N) is 1. The largest absolute Gasteiger partial charge is 0.393 e. The molecule has 1 aliphatic carbocycles. The topological polar surface area (TPSA) is 59.1 Å². The lowest BCUT2D eigenvalue weighted by Crippen LogP contribution is -2.51. The van der Waals surface area contributed by atoms with E-state index in [0.29, 0.717) is 18.8 Å². The molecule has 0 amide bonds. The molecular weight excluding hydrogens is 196 g/mol. The van der Waals surface area contributed by atoms with E-state index in [4.69, 9.17) is 5.73 Å². The minimum absolute atomic E-state index is 0.218. The smallest absolute Gasteiger partial charge is 0.0953 e. The van der Waals surface area contributed by atoms with Crippen LogP contribution in [0.5, 0.6) is 0 Å². The van der Waals surface area contributed by atoms with Crippen LogP contribution >= 0.6 is 11.3 Å². The molecule has 0 bridgehead atoms. The summed E-state index contributed by atoms with van der Waals surface area (Å²) in [5.74, 6) is 0.461. The highest BCUT2D eigenvalue weighted by Crippen LogP contribution is 2.42. The van der Waals surface area contributed by atoms with Gasteiger partial charge in [0.2, 0.25) is 0 Å². The highest BCUT2D eigenvalue weighted by atomic mass is 32.1. The van der Waals surface area contributed by atoms with Gasteiger partial charge < -0.3 is 10.8 Å². The number of hydrogen-bond donors (Lipinski definition) is 2. The normalized spacial score (nSPS) is 31.9. The van der Waals surface area contributed by atoms with Crippen LogP contribution in [0.15, 0.2) is 6.20 Å². The fourth-order valence-corrected chi connectivity index (χ4v) is 2.81. The Bertz CT molecular complexity index is 329. The van der Waals surface area contributed by atoms with Gasteiger partial charge in [0, 0.05) is 17.0 Å². The fraction of sp³-hybridized carbons (Fsp3) is 0.700. The third-order valence-electron chi connectivity index (χ3n) is 2.71. The molecule has 0 atom stereocenters. The molecule has 0 aromatic carbocycles. The van der Waals surface area contributed by atoms with Gasteiger partial charge in [-0.05, 0) is 12.8 Å². The van der Waals surface area contributed by atoms with Gasteiger partial charge in [0.15, 0.2) is 0 Å². The second-order valence-corrected chi connectivity index (χ2v) is 5.50. The van der Waals surface area contributed by atoms with Crippen LogP contribution < -0.4 is 5.73 Å². The fourth-order valence-electron chi connectivity index (χ4n) is 1.77. The van der Waals surface area contributed by atoms with Crippen molar-refractivity contribution in [1.29, 1.82) is 0 Å². The summed E-state index contributed by atoms with van der Waals surface area (Å²) >= 11 is 1.68. The molecule has 0 aliphatic heterocycles. The van der Waals surface area contributed by atoms with Crippen molar-refractivity contribution in [1.82, 2.24) is 4.98 Å². The molecule has 78 valence electrons. The van der Waals surface area contributed by atoms with Gasteiger partial charge in [0.05, 0.1) is 16.7 Å². The highest BCUT2D eigenvalue weighted by molar-refractivity contribution is 7.11. The molecule has 1 aliphatic rings. The maximum Gasteiger partial charge on any atom is 0.0953 e. The molecule has 4 heteroatoms. The molecule has 3 N–H and O–H groups in total. The van der Waals surface area contributed by atoms with Crippen LogP contribution in [-0.2, 0) is 5.54 Å². The number of rotatable bonds is 2. The molecule has 1 aromatic heterocycles. The number of aromatic nitrogens is 1. The third kappa shape index (κ3) is 1.58. The maximum absolute atomic E-state index is 9.27. The first-order valence-electron chi connectivity index (χ1n) is 4.94. The van der Waals surface area contributed by atoms with E-state index in [9.17, 15) is 5.11 Å². The van der Waals surface area contributed by atoms with Crippen molar-refractivity contribution in [2.45, 2.75) is 44.2 Å². The van der Waals surface area contributed by atoms with Gasteiger partial charge >= 0.3 is 0 Å². The highest BCUT2D eigenvalue weighted by Gasteiger charge is 2.42. The first kappa shape index (κ1) is 10.1. The molecule has 14 heavy (non-hydrogen) atoms. The number of aliphatic hydroxyl groups is 1. The molecule has 0 unspecified atom stereocenters. The van der Waals surface area contributed by atoms with Crippen molar-refractivity contribution in [3.63, 3.8) is 0 Å². The van der Waals surface area contributed by atoms with Crippen LogP contribution in [0, 0.1) is 0 Å². The Labute approximate surface area is 88.0 Å². The molecule has 2 rings (SSSR count). The zero-order valence-electron chi connectivity index (χ0n) is 8.53. The number of nitrogens with two attached hydrogens (primary N) is 1. The average Bonchev–Trinajstić information content (AvgIpc) is 2.49. The van der Waals surface area contributed by atoms with Crippen molar-refractivity contribution in [2.75, 3.05) is 0 Å². The summed E-state index contributed by atoms with van der Waals surface area (Å²) in [7, 11) is 0. The summed E-state index contributed by atoms with van der Waals surface area (Å²) in [4.78, 5) is 5.46. The van der Waals surface area contributed by atoms with Crippen LogP contribution in [-0.4, -0.2) is 16.2 Å². The predicted octanol–water partition coefficient (Wildman–Crippen LogP) is 1.58. The van der Waals surface area contributed by atoms with Crippen molar-refractivity contribution in [3.05, 3.63) is 16.1 Å². The minimum atomic E-state index is -0.301. The number of thiazole rings is 1. The minimum Gasteiger partial charge on any atom is -0.393 e. The lowest BCUT2D eigenvalue weighted by atomic mass is 9.74. The summed E-state index contributed by atoms with van der Waals surface area (Å²) in [6.07, 6.45) is 3.00. The third-order valence-corrected chi connectivity index (χ3v) is 4.23. The van der Waals surface area contributed by atoms with Gasteiger partial charge in [0.25, 0.3) is 0 Å². The number of hydrogen-bond acceptors (Lipinski definition) is 4. The molecule has 1 heterocycles. The summed E-state index contributed by atoms with van der Waals surface area (Å²) < 4.78 is 0. The van der Waals surface area contributed by atoms with E-state index in [1.807, 2.05) is 6.20 Å². The first-order valence-corrected chi connectivity index (χ1v) is 5.76. The van der Waals surface area contributed by atoms with Crippen LogP contribution in [0.1, 0.15) is 42.5 Å². The van der Waals surface area contributed by atoms with Crippen LogP contribution in [0.4, 0.5) is 0 Å². The Morgan fingerprint density at radius 2 is 2.29 bits per heavy atom. The zero-order valence-corrected chi connectivity index (χ0v) is 9.34. The Morgan fingerprint density at radius 3 is 2.71 bits per heavy atom. The van der Waals surface area contributed by atoms with Gasteiger partial charge in [-0.15, -0.1) is 11.3 Å². The van der Waals surface area contributed by atoms with Crippen LogP contribution in [0.3, 0.4) is 0 Å². The lowest BCUT2D eigenvalue weighted by molar-refractivity contribution is 0.0226. The molecule has 1 aromatic rings. The molecule has 1 fully saturated rings. The summed E-state index contributed by atoms with van der Waals surface area (Å²) in [6, 6.07) is 0. The van der Waals surface area contributed by atoms with Gasteiger partial charge in [-0.25, -0.2) is 4.98 Å². The lowest BCUT2D eigenvalue weighted by Gasteiger charge is -2.41. The van der Waals surface area contributed by atoms with E-state index in [0.717, 1.165) is 9.88 Å². The molecule has 0 radical (unpaired) electrons. The van der Waals surface area contributed by atoms with Crippen molar-refractivity contribution in [2.24, 2.45) is 5.73 Å². The number of aliphatic hydroxyl groups excluding tert-OH is 1. The van der Waals surface area contributed by atoms with Gasteiger partial charge in [-0.2, -0.15) is 0 Å². The summed E-state index contributed by atoms with van der Waals surface area (Å²) in [5, 5.41) is 10.4. The van der Waals surface area contributed by atoms with Crippen molar-refractivity contribution in [3.8, 4) is 0 Å². The van der Waals surface area contributed by atoms with E-state index >= 15 is 0 Å². The average molecular weight is 212 g/mol. The van der Waals surface area contributed by atoms with E-state index in [1.165, 1.54) is 0 Å². The van der Waals surface area contributed by atoms with Gasteiger partial charge in [-0.1, -0.05) is 13.8 Å². The van der Waals surface area contributed by atoms with Crippen molar-refractivity contribution >= 4 is 11.3 Å². The first-order chi connectivity index (χ1) is 6.51. The van der Waals surface area contributed by atoms with Crippen molar-refractivity contribution < 1.29 is 5.11 Å². The molecule has 0 spiro atoms. The maximum atomic E-state index is 9.27. The van der Waals surface area contributed by atoms with E-state index in [2.05, 4.69) is 18.8 Å². The SMILES string of the molecule is CC(C)c1ncc(C2(N)CC(O)C2)s1. The Hall–Kier alpha value is -0.450. The standard InChI is InChI=1S/C10H16N2OS/c1-6(2)9-12-5-8(14-9)10(11)3-7(13)4-10/h5-7,13H,3-4,11H2,1-2H3. The monoisotopic (exact) mass is 212 g/mol. The van der Waals surface area contributed by atoms with E-state index in [1.54, 1.807) is 11.3 Å². The zero-order chi connectivity index (χ0) is 10.3. The second kappa shape index (κ2) is 3.29. The molecule has 1 saturated carbocycles. The Morgan fingerprint density at radius 1 is 1.64 bits per heavy atom. The Kier molecular flexibility index (Phi) is 2.37. The van der Waals surface area contributed by atoms with Crippen LogP contribution in [0.2, 0.25) is 0 Å².